The Balaban J connectivity index is 1.89. The normalized spacial score (nSPS) is 11.4. The maximum atomic E-state index is 12.8. The molecule has 2 rings (SSSR count). The predicted octanol–water partition coefficient (Wildman–Crippen LogP) is 2.50. The van der Waals surface area contributed by atoms with Crippen LogP contribution >= 0.6 is 11.6 Å². The Morgan fingerprint density at radius 1 is 1.03 bits per heavy atom. The maximum absolute atomic E-state index is 12.8. The molecule has 7 nitrogen and oxygen atoms in total. The van der Waals surface area contributed by atoms with E-state index in [9.17, 15) is 14.4 Å². The number of aryl methyl sites for hydroxylation is 1. The Labute approximate surface area is 181 Å². The van der Waals surface area contributed by atoms with Crippen LogP contribution in [0.5, 0.6) is 0 Å². The zero-order chi connectivity index (χ0) is 21.9. The molecule has 0 saturated heterocycles. The van der Waals surface area contributed by atoms with Gasteiger partial charge in [-0.05, 0) is 24.6 Å². The molecule has 1 atom stereocenters. The summed E-state index contributed by atoms with van der Waals surface area (Å²) in [5.74, 6) is -1.23. The first-order valence-electron chi connectivity index (χ1n) is 9.50. The van der Waals surface area contributed by atoms with Gasteiger partial charge in [-0.15, -0.1) is 11.6 Å². The summed E-state index contributed by atoms with van der Waals surface area (Å²) in [4.78, 5) is 38.4. The molecule has 0 radical (unpaired) electrons. The standard InChI is InChI=1S/C22H26ClN3O4/c1-16-8-10-18(11-9-16)25-19(27)14-24-20(28)15-26(12-13-30-2)22(29)21(23)17-6-4-3-5-7-17/h3-11,21H,12-15H2,1-2H3,(H,24,28)(H,25,27). The van der Waals surface area contributed by atoms with E-state index in [2.05, 4.69) is 10.6 Å². The van der Waals surface area contributed by atoms with Crippen LogP contribution in [0.15, 0.2) is 54.6 Å². The zero-order valence-electron chi connectivity index (χ0n) is 17.1. The van der Waals surface area contributed by atoms with Gasteiger partial charge in [-0.1, -0.05) is 48.0 Å². The van der Waals surface area contributed by atoms with Gasteiger partial charge >= 0.3 is 0 Å². The van der Waals surface area contributed by atoms with Crippen molar-refractivity contribution in [3.8, 4) is 0 Å². The monoisotopic (exact) mass is 431 g/mol. The van der Waals surface area contributed by atoms with E-state index in [0.29, 0.717) is 11.3 Å². The second-order valence-corrected chi connectivity index (χ2v) is 7.15. The van der Waals surface area contributed by atoms with Crippen LogP contribution in [-0.2, 0) is 19.1 Å². The van der Waals surface area contributed by atoms with Crippen molar-refractivity contribution in [2.45, 2.75) is 12.3 Å². The van der Waals surface area contributed by atoms with Gasteiger partial charge in [0.1, 0.15) is 5.38 Å². The molecule has 0 saturated carbocycles. The van der Waals surface area contributed by atoms with Crippen molar-refractivity contribution < 1.29 is 19.1 Å². The van der Waals surface area contributed by atoms with Crippen LogP contribution in [0.3, 0.4) is 0 Å². The Bertz CT molecular complexity index is 843. The van der Waals surface area contributed by atoms with E-state index in [1.807, 2.05) is 25.1 Å². The fourth-order valence-corrected chi connectivity index (χ4v) is 2.93. The molecule has 0 aliphatic heterocycles. The van der Waals surface area contributed by atoms with Crippen LogP contribution in [0.2, 0.25) is 0 Å². The van der Waals surface area contributed by atoms with Gasteiger partial charge < -0.3 is 20.3 Å². The van der Waals surface area contributed by atoms with E-state index in [1.54, 1.807) is 36.4 Å². The topological polar surface area (TPSA) is 87.7 Å². The predicted molar refractivity (Wildman–Crippen MR) is 116 cm³/mol. The minimum absolute atomic E-state index is 0.203. The van der Waals surface area contributed by atoms with Crippen molar-refractivity contribution in [3.05, 3.63) is 65.7 Å². The summed E-state index contributed by atoms with van der Waals surface area (Å²) in [6.45, 7) is 1.98. The number of carbonyl (C=O) groups excluding carboxylic acids is 3. The highest BCUT2D eigenvalue weighted by molar-refractivity contribution is 6.30. The van der Waals surface area contributed by atoms with E-state index < -0.39 is 17.2 Å². The molecule has 0 aliphatic rings. The zero-order valence-corrected chi connectivity index (χ0v) is 17.8. The lowest BCUT2D eigenvalue weighted by atomic mass is 10.1. The Hall–Kier alpha value is -2.90. The van der Waals surface area contributed by atoms with Crippen molar-refractivity contribution in [1.82, 2.24) is 10.2 Å². The Kier molecular flexibility index (Phi) is 9.31. The van der Waals surface area contributed by atoms with Crippen molar-refractivity contribution in [3.63, 3.8) is 0 Å². The molecule has 0 heterocycles. The summed E-state index contributed by atoms with van der Waals surface area (Å²) in [5, 5.41) is 4.31. The summed E-state index contributed by atoms with van der Waals surface area (Å²) < 4.78 is 5.03. The van der Waals surface area contributed by atoms with Crippen molar-refractivity contribution in [2.24, 2.45) is 0 Å². The number of alkyl halides is 1. The average Bonchev–Trinajstić information content (AvgIpc) is 2.76. The molecular formula is C22H26ClN3O4. The van der Waals surface area contributed by atoms with Crippen molar-refractivity contribution in [2.75, 3.05) is 38.7 Å². The molecule has 160 valence electrons. The first kappa shape index (κ1) is 23.4. The molecule has 2 N–H and O–H groups in total. The van der Waals surface area contributed by atoms with Crippen LogP contribution < -0.4 is 10.6 Å². The highest BCUT2D eigenvalue weighted by Crippen LogP contribution is 2.22. The number of anilines is 1. The minimum atomic E-state index is -0.916. The van der Waals surface area contributed by atoms with E-state index >= 15 is 0 Å². The molecule has 30 heavy (non-hydrogen) atoms. The number of hydrogen-bond donors (Lipinski definition) is 2. The van der Waals surface area contributed by atoms with Crippen molar-refractivity contribution >= 4 is 35.0 Å². The fraction of sp³-hybridized carbons (Fsp3) is 0.318. The lowest BCUT2D eigenvalue weighted by Gasteiger charge is -2.24. The first-order valence-corrected chi connectivity index (χ1v) is 9.94. The van der Waals surface area contributed by atoms with E-state index in [4.69, 9.17) is 16.3 Å². The second kappa shape index (κ2) is 11.9. The molecule has 0 bridgehead atoms. The SMILES string of the molecule is COCCN(CC(=O)NCC(=O)Nc1ccc(C)cc1)C(=O)C(Cl)c1ccccc1. The van der Waals surface area contributed by atoms with Crippen LogP contribution in [0.25, 0.3) is 0 Å². The number of carbonyl (C=O) groups is 3. The van der Waals surface area contributed by atoms with Gasteiger partial charge in [0.15, 0.2) is 0 Å². The lowest BCUT2D eigenvalue weighted by Crippen LogP contribution is -2.45. The number of methoxy groups -OCH3 is 1. The minimum Gasteiger partial charge on any atom is -0.383 e. The van der Waals surface area contributed by atoms with Crippen LogP contribution in [0.1, 0.15) is 16.5 Å². The van der Waals surface area contributed by atoms with Crippen molar-refractivity contribution in [1.29, 1.82) is 0 Å². The van der Waals surface area contributed by atoms with Crippen LogP contribution in [-0.4, -0.2) is 56.0 Å². The maximum Gasteiger partial charge on any atom is 0.245 e. The van der Waals surface area contributed by atoms with E-state index in [1.165, 1.54) is 12.0 Å². The van der Waals surface area contributed by atoms with Gasteiger partial charge in [0.25, 0.3) is 0 Å². The summed E-state index contributed by atoms with van der Waals surface area (Å²) in [5.41, 5.74) is 2.37. The van der Waals surface area contributed by atoms with Gasteiger partial charge in [-0.2, -0.15) is 0 Å². The molecule has 2 aromatic rings. The van der Waals surface area contributed by atoms with Crippen LogP contribution in [0, 0.1) is 6.92 Å². The van der Waals surface area contributed by atoms with Gasteiger partial charge in [0, 0.05) is 19.3 Å². The quantitative estimate of drug-likeness (QED) is 0.566. The molecule has 0 fully saturated rings. The van der Waals surface area contributed by atoms with Gasteiger partial charge in [-0.3, -0.25) is 14.4 Å². The molecule has 0 aromatic heterocycles. The molecule has 3 amide bonds. The van der Waals surface area contributed by atoms with Gasteiger partial charge in [0.2, 0.25) is 17.7 Å². The Morgan fingerprint density at radius 2 is 1.70 bits per heavy atom. The number of hydrogen-bond acceptors (Lipinski definition) is 4. The molecule has 8 heteroatoms. The molecule has 2 aromatic carbocycles. The third-order valence-corrected chi connectivity index (χ3v) is 4.74. The first-order chi connectivity index (χ1) is 14.4. The number of rotatable bonds is 10. The third kappa shape index (κ3) is 7.50. The molecule has 0 aliphatic carbocycles. The molecule has 1 unspecified atom stereocenters. The third-order valence-electron chi connectivity index (χ3n) is 4.30. The molecular weight excluding hydrogens is 406 g/mol. The number of nitrogens with zero attached hydrogens (tertiary/aromatic N) is 1. The molecule has 0 spiro atoms. The largest absolute Gasteiger partial charge is 0.383 e. The summed E-state index contributed by atoms with van der Waals surface area (Å²) in [6, 6.07) is 16.2. The van der Waals surface area contributed by atoms with Crippen LogP contribution in [0.4, 0.5) is 5.69 Å². The summed E-state index contributed by atoms with van der Waals surface area (Å²) in [6.07, 6.45) is 0. The fourth-order valence-electron chi connectivity index (χ4n) is 2.64. The van der Waals surface area contributed by atoms with Gasteiger partial charge in [0.05, 0.1) is 19.7 Å². The number of ether oxygens (including phenoxy) is 1. The summed E-state index contributed by atoms with van der Waals surface area (Å²) >= 11 is 6.31. The Morgan fingerprint density at radius 3 is 2.33 bits per heavy atom. The highest BCUT2D eigenvalue weighted by atomic mass is 35.5. The lowest BCUT2D eigenvalue weighted by molar-refractivity contribution is -0.136. The number of benzene rings is 2. The van der Waals surface area contributed by atoms with Gasteiger partial charge in [-0.25, -0.2) is 0 Å². The summed E-state index contributed by atoms with van der Waals surface area (Å²) in [7, 11) is 1.51. The average molecular weight is 432 g/mol. The number of nitrogens with one attached hydrogen (secondary N) is 2. The smallest absolute Gasteiger partial charge is 0.245 e. The highest BCUT2D eigenvalue weighted by Gasteiger charge is 2.25. The second-order valence-electron chi connectivity index (χ2n) is 6.72. The number of halogens is 1. The van der Waals surface area contributed by atoms with E-state index in [0.717, 1.165) is 5.56 Å². The number of amides is 3. The van der Waals surface area contributed by atoms with E-state index in [-0.39, 0.29) is 32.1 Å².